The van der Waals surface area contributed by atoms with Crippen molar-refractivity contribution in [3.05, 3.63) is 59.7 Å². The maximum Gasteiger partial charge on any atom is 0.337 e. The van der Waals surface area contributed by atoms with E-state index in [2.05, 4.69) is 15.4 Å². The first kappa shape index (κ1) is 17.4. The maximum atomic E-state index is 13.4. The minimum absolute atomic E-state index is 0.0687. The Kier molecular flexibility index (Phi) is 5.83. The molecule has 0 bridgehead atoms. The normalized spacial score (nSPS) is 10.1. The molecule has 0 saturated heterocycles. The van der Waals surface area contributed by atoms with Gasteiger partial charge in [0.15, 0.2) is 0 Å². The molecule has 126 valence electrons. The lowest BCUT2D eigenvalue weighted by Gasteiger charge is -2.09. The van der Waals surface area contributed by atoms with E-state index in [0.29, 0.717) is 11.3 Å². The predicted octanol–water partition coefficient (Wildman–Crippen LogP) is 3.19. The van der Waals surface area contributed by atoms with Crippen LogP contribution < -0.4 is 10.6 Å². The Morgan fingerprint density at radius 2 is 1.92 bits per heavy atom. The molecule has 2 aromatic rings. The van der Waals surface area contributed by atoms with Crippen LogP contribution >= 0.6 is 0 Å². The Balaban J connectivity index is 1.86. The van der Waals surface area contributed by atoms with Gasteiger partial charge in [-0.3, -0.25) is 4.79 Å². The molecule has 0 aliphatic rings. The van der Waals surface area contributed by atoms with E-state index >= 15 is 0 Å². The van der Waals surface area contributed by atoms with E-state index in [-0.39, 0.29) is 24.6 Å². The zero-order valence-corrected chi connectivity index (χ0v) is 12.9. The van der Waals surface area contributed by atoms with Crippen LogP contribution in [-0.4, -0.2) is 25.5 Å². The highest BCUT2D eigenvalue weighted by Gasteiger charge is 2.08. The van der Waals surface area contributed by atoms with Crippen molar-refractivity contribution >= 4 is 23.3 Å². The van der Waals surface area contributed by atoms with E-state index in [4.69, 9.17) is 0 Å². The van der Waals surface area contributed by atoms with Crippen LogP contribution in [0, 0.1) is 11.6 Å². The second-order valence-electron chi connectivity index (χ2n) is 4.92. The van der Waals surface area contributed by atoms with Crippen molar-refractivity contribution in [3.8, 4) is 0 Å². The van der Waals surface area contributed by atoms with E-state index in [9.17, 15) is 18.4 Å². The van der Waals surface area contributed by atoms with Gasteiger partial charge in [0.1, 0.15) is 11.6 Å². The number of rotatable bonds is 6. The van der Waals surface area contributed by atoms with Gasteiger partial charge >= 0.3 is 5.97 Å². The number of carbonyl (C=O) groups excluding carboxylic acids is 2. The fourth-order valence-electron chi connectivity index (χ4n) is 2.01. The summed E-state index contributed by atoms with van der Waals surface area (Å²) in [5, 5.41) is 5.35. The Bertz CT molecular complexity index is 750. The van der Waals surface area contributed by atoms with Crippen molar-refractivity contribution in [1.82, 2.24) is 0 Å². The van der Waals surface area contributed by atoms with E-state index in [1.54, 1.807) is 18.2 Å². The summed E-state index contributed by atoms with van der Waals surface area (Å²) in [6.45, 7) is 0.172. The molecule has 0 radical (unpaired) electrons. The van der Waals surface area contributed by atoms with Crippen molar-refractivity contribution in [2.75, 3.05) is 24.3 Å². The summed E-state index contributed by atoms with van der Waals surface area (Å²) >= 11 is 0. The van der Waals surface area contributed by atoms with Crippen LogP contribution in [0.1, 0.15) is 16.8 Å². The Morgan fingerprint density at radius 1 is 1.12 bits per heavy atom. The molecule has 0 saturated carbocycles. The first-order chi connectivity index (χ1) is 11.5. The minimum Gasteiger partial charge on any atom is -0.465 e. The molecule has 0 atom stereocenters. The largest absolute Gasteiger partial charge is 0.465 e. The van der Waals surface area contributed by atoms with Gasteiger partial charge in [-0.15, -0.1) is 0 Å². The number of amides is 1. The number of benzene rings is 2. The van der Waals surface area contributed by atoms with Gasteiger partial charge in [0, 0.05) is 24.7 Å². The third kappa shape index (κ3) is 4.77. The van der Waals surface area contributed by atoms with Crippen molar-refractivity contribution in [1.29, 1.82) is 0 Å². The highest BCUT2D eigenvalue weighted by atomic mass is 19.1. The van der Waals surface area contributed by atoms with Gasteiger partial charge < -0.3 is 15.4 Å². The monoisotopic (exact) mass is 334 g/mol. The number of carbonyl (C=O) groups is 2. The van der Waals surface area contributed by atoms with Crippen LogP contribution in [-0.2, 0) is 9.53 Å². The Labute approximate surface area is 137 Å². The fourth-order valence-corrected chi connectivity index (χ4v) is 2.01. The van der Waals surface area contributed by atoms with Crippen LogP contribution in [0.2, 0.25) is 0 Å². The summed E-state index contributed by atoms with van der Waals surface area (Å²) < 4.78 is 30.8. The molecule has 0 fully saturated rings. The second kappa shape index (κ2) is 8.05. The summed E-state index contributed by atoms with van der Waals surface area (Å²) in [7, 11) is 1.27. The Morgan fingerprint density at radius 3 is 2.62 bits per heavy atom. The van der Waals surface area contributed by atoms with Gasteiger partial charge in [-0.05, 0) is 30.3 Å². The summed E-state index contributed by atoms with van der Waals surface area (Å²) in [6, 6.07) is 9.48. The summed E-state index contributed by atoms with van der Waals surface area (Å²) in [5.74, 6) is -2.20. The van der Waals surface area contributed by atoms with Crippen molar-refractivity contribution in [3.63, 3.8) is 0 Å². The fraction of sp³-hybridized carbons (Fsp3) is 0.176. The molecule has 0 heterocycles. The van der Waals surface area contributed by atoms with Crippen molar-refractivity contribution < 1.29 is 23.1 Å². The van der Waals surface area contributed by atoms with Crippen LogP contribution in [0.3, 0.4) is 0 Å². The quantitative estimate of drug-likeness (QED) is 0.796. The smallest absolute Gasteiger partial charge is 0.337 e. The molecule has 1 amide bonds. The number of esters is 1. The zero-order chi connectivity index (χ0) is 17.5. The number of ether oxygens (including phenoxy) is 1. The predicted molar refractivity (Wildman–Crippen MR) is 85.9 cm³/mol. The summed E-state index contributed by atoms with van der Waals surface area (Å²) in [5.41, 5.74) is 0.898. The van der Waals surface area contributed by atoms with Crippen LogP contribution in [0.5, 0.6) is 0 Å². The molecule has 0 aliphatic heterocycles. The third-order valence-corrected chi connectivity index (χ3v) is 3.17. The Hall–Kier alpha value is -2.96. The topological polar surface area (TPSA) is 67.4 Å². The van der Waals surface area contributed by atoms with E-state index < -0.39 is 17.6 Å². The molecular weight excluding hydrogens is 318 g/mol. The molecule has 2 N–H and O–H groups in total. The minimum atomic E-state index is -0.721. The molecule has 0 spiro atoms. The van der Waals surface area contributed by atoms with E-state index in [0.717, 1.165) is 12.1 Å². The molecule has 2 aromatic carbocycles. The number of methoxy groups -OCH3 is 1. The van der Waals surface area contributed by atoms with Crippen molar-refractivity contribution in [2.24, 2.45) is 0 Å². The molecule has 24 heavy (non-hydrogen) atoms. The first-order valence-corrected chi connectivity index (χ1v) is 7.17. The van der Waals surface area contributed by atoms with Gasteiger partial charge in [0.2, 0.25) is 5.91 Å². The maximum absolute atomic E-state index is 13.4. The highest BCUT2D eigenvalue weighted by molar-refractivity contribution is 5.94. The molecule has 0 unspecified atom stereocenters. The van der Waals surface area contributed by atoms with Crippen molar-refractivity contribution in [2.45, 2.75) is 6.42 Å². The SMILES string of the molecule is COC(=O)c1cccc(NC(=O)CCNc2ccc(F)cc2F)c1. The van der Waals surface area contributed by atoms with Gasteiger partial charge in [-0.25, -0.2) is 13.6 Å². The summed E-state index contributed by atoms with van der Waals surface area (Å²) in [6.07, 6.45) is 0.0687. The van der Waals surface area contributed by atoms with Crippen LogP contribution in [0.4, 0.5) is 20.2 Å². The first-order valence-electron chi connectivity index (χ1n) is 7.17. The van der Waals surface area contributed by atoms with Gasteiger partial charge in [-0.1, -0.05) is 6.07 Å². The zero-order valence-electron chi connectivity index (χ0n) is 12.9. The number of nitrogens with one attached hydrogen (secondary N) is 2. The van der Waals surface area contributed by atoms with Crippen LogP contribution in [0.15, 0.2) is 42.5 Å². The standard InChI is InChI=1S/C17H16F2N2O3/c1-24-17(23)11-3-2-4-13(9-11)21-16(22)7-8-20-15-6-5-12(18)10-14(15)19/h2-6,9-10,20H,7-8H2,1H3,(H,21,22). The molecular formula is C17H16F2N2O3. The van der Waals surface area contributed by atoms with Gasteiger partial charge in [0.25, 0.3) is 0 Å². The van der Waals surface area contributed by atoms with Crippen LogP contribution in [0.25, 0.3) is 0 Å². The average Bonchev–Trinajstić information content (AvgIpc) is 2.56. The molecule has 7 heteroatoms. The summed E-state index contributed by atoms with van der Waals surface area (Å²) in [4.78, 5) is 23.3. The lowest BCUT2D eigenvalue weighted by atomic mass is 10.2. The molecule has 5 nitrogen and oxygen atoms in total. The molecule has 0 aliphatic carbocycles. The van der Waals surface area contributed by atoms with Gasteiger partial charge in [-0.2, -0.15) is 0 Å². The number of anilines is 2. The number of hydrogen-bond donors (Lipinski definition) is 2. The second-order valence-corrected chi connectivity index (χ2v) is 4.92. The lowest BCUT2D eigenvalue weighted by molar-refractivity contribution is -0.115. The average molecular weight is 334 g/mol. The number of hydrogen-bond acceptors (Lipinski definition) is 4. The number of halogens is 2. The highest BCUT2D eigenvalue weighted by Crippen LogP contribution is 2.15. The lowest BCUT2D eigenvalue weighted by Crippen LogP contribution is -2.17. The third-order valence-electron chi connectivity index (χ3n) is 3.17. The van der Waals surface area contributed by atoms with Gasteiger partial charge in [0.05, 0.1) is 18.4 Å². The van der Waals surface area contributed by atoms with E-state index in [1.165, 1.54) is 19.2 Å². The van der Waals surface area contributed by atoms with E-state index in [1.807, 2.05) is 0 Å². The molecule has 2 rings (SSSR count). The molecule has 0 aromatic heterocycles.